The van der Waals surface area contributed by atoms with E-state index in [4.69, 9.17) is 4.52 Å². The summed E-state index contributed by atoms with van der Waals surface area (Å²) in [5.41, 5.74) is 0.197. The Balaban J connectivity index is 2.79. The molecule has 0 aromatic carbocycles. The van der Waals surface area contributed by atoms with Crippen LogP contribution in [-0.4, -0.2) is 12.8 Å². The monoisotopic (exact) mass is 146 g/mol. The molecule has 2 atom stereocenters. The van der Waals surface area contributed by atoms with E-state index in [1.807, 2.05) is 13.0 Å². The van der Waals surface area contributed by atoms with Gasteiger partial charge in [0.05, 0.1) is 0 Å². The molecule has 0 saturated carbocycles. The molecular formula is C6H11O2P. The number of rotatable bonds is 1. The average molecular weight is 146 g/mol. The highest BCUT2D eigenvalue weighted by Gasteiger charge is 2.29. The minimum Gasteiger partial charge on any atom is -0.329 e. The third-order valence-corrected chi connectivity index (χ3v) is 4.33. The van der Waals surface area contributed by atoms with Gasteiger partial charge in [-0.15, -0.1) is 0 Å². The van der Waals surface area contributed by atoms with E-state index in [0.717, 1.165) is 6.42 Å². The molecule has 1 aliphatic rings. The highest BCUT2D eigenvalue weighted by atomic mass is 31.2. The lowest BCUT2D eigenvalue weighted by Gasteiger charge is -2.11. The van der Waals surface area contributed by atoms with Gasteiger partial charge in [0.1, 0.15) is 0 Å². The van der Waals surface area contributed by atoms with Crippen molar-refractivity contribution in [3.63, 3.8) is 0 Å². The Kier molecular flexibility index (Phi) is 1.78. The second-order valence-electron chi connectivity index (χ2n) is 2.30. The van der Waals surface area contributed by atoms with Crippen LogP contribution in [0.3, 0.4) is 0 Å². The molecule has 52 valence electrons. The lowest BCUT2D eigenvalue weighted by molar-refractivity contribution is 0.396. The lowest BCUT2D eigenvalue weighted by Crippen LogP contribution is -1.96. The molecule has 0 spiro atoms. The molecule has 9 heavy (non-hydrogen) atoms. The molecule has 1 rings (SSSR count). The van der Waals surface area contributed by atoms with Crippen LogP contribution in [0.2, 0.25) is 0 Å². The maximum atomic E-state index is 11.4. The van der Waals surface area contributed by atoms with Gasteiger partial charge in [0, 0.05) is 12.8 Å². The highest BCUT2D eigenvalue weighted by molar-refractivity contribution is 7.63. The molecule has 3 heteroatoms. The fraction of sp³-hybridized carbons (Fsp3) is 0.667. The molecule has 2 nitrogen and oxygen atoms in total. The van der Waals surface area contributed by atoms with Gasteiger partial charge in [0.2, 0.25) is 7.37 Å². The molecule has 1 heterocycles. The maximum Gasteiger partial charge on any atom is 0.227 e. The van der Waals surface area contributed by atoms with Crippen LogP contribution in [0, 0.1) is 0 Å². The predicted octanol–water partition coefficient (Wildman–Crippen LogP) is 2.22. The van der Waals surface area contributed by atoms with Crippen molar-refractivity contribution in [1.29, 1.82) is 0 Å². The third kappa shape index (κ3) is 1.10. The number of hydrogen-bond acceptors (Lipinski definition) is 2. The van der Waals surface area contributed by atoms with Gasteiger partial charge in [-0.25, -0.2) is 0 Å². The zero-order chi connectivity index (χ0) is 6.91. The Morgan fingerprint density at radius 2 is 2.44 bits per heavy atom. The molecule has 0 aromatic heterocycles. The van der Waals surface area contributed by atoms with Gasteiger partial charge >= 0.3 is 0 Å². The zero-order valence-electron chi connectivity index (χ0n) is 5.70. The van der Waals surface area contributed by atoms with Gasteiger partial charge in [-0.05, 0) is 12.2 Å². The van der Waals surface area contributed by atoms with Gasteiger partial charge in [-0.2, -0.15) is 0 Å². The van der Waals surface area contributed by atoms with E-state index in [9.17, 15) is 4.57 Å². The molecule has 0 fully saturated rings. The van der Waals surface area contributed by atoms with E-state index in [1.165, 1.54) is 7.11 Å². The molecule has 0 radical (unpaired) electrons. The summed E-state index contributed by atoms with van der Waals surface area (Å²) in [5.74, 6) is 1.71. The van der Waals surface area contributed by atoms with Crippen molar-refractivity contribution >= 4 is 7.37 Å². The minimum atomic E-state index is -2.32. The third-order valence-electron chi connectivity index (χ3n) is 1.69. The van der Waals surface area contributed by atoms with E-state index in [1.54, 1.807) is 5.82 Å². The summed E-state index contributed by atoms with van der Waals surface area (Å²) in [5, 5.41) is 0. The Hall–Kier alpha value is -0.0700. The van der Waals surface area contributed by atoms with E-state index in [2.05, 4.69) is 0 Å². The smallest absolute Gasteiger partial charge is 0.227 e. The molecule has 0 aromatic rings. The summed E-state index contributed by atoms with van der Waals surface area (Å²) >= 11 is 0. The Morgan fingerprint density at radius 1 is 1.78 bits per heavy atom. The van der Waals surface area contributed by atoms with Gasteiger partial charge in [0.25, 0.3) is 0 Å². The Bertz CT molecular complexity index is 174. The summed E-state index contributed by atoms with van der Waals surface area (Å²) in [6, 6.07) is 0. The van der Waals surface area contributed by atoms with Gasteiger partial charge in [0.15, 0.2) is 0 Å². The van der Waals surface area contributed by atoms with Gasteiger partial charge in [-0.3, -0.25) is 4.57 Å². The topological polar surface area (TPSA) is 26.3 Å². The van der Waals surface area contributed by atoms with Crippen molar-refractivity contribution in [2.75, 3.05) is 7.11 Å². The maximum absolute atomic E-state index is 11.4. The van der Waals surface area contributed by atoms with Crippen molar-refractivity contribution in [3.05, 3.63) is 11.9 Å². The van der Waals surface area contributed by atoms with Crippen molar-refractivity contribution < 1.29 is 9.09 Å². The van der Waals surface area contributed by atoms with Crippen molar-refractivity contribution in [2.45, 2.75) is 19.0 Å². The van der Waals surface area contributed by atoms with E-state index in [0.29, 0.717) is 0 Å². The fourth-order valence-corrected chi connectivity index (χ4v) is 2.55. The summed E-state index contributed by atoms with van der Waals surface area (Å²) in [6.07, 6.45) is 2.82. The van der Waals surface area contributed by atoms with Crippen LogP contribution >= 0.6 is 7.37 Å². The first-order chi connectivity index (χ1) is 4.19. The standard InChI is InChI=1S/C6H11O2P/c1-6-4-3-5-9(6,7)8-2/h3,5-6H,4H2,1-2H3. The Labute approximate surface area is 55.4 Å². The molecule has 0 saturated heterocycles. The second kappa shape index (κ2) is 2.28. The zero-order valence-corrected chi connectivity index (χ0v) is 6.60. The molecule has 0 amide bonds. The largest absolute Gasteiger partial charge is 0.329 e. The lowest BCUT2D eigenvalue weighted by atomic mass is 10.3. The first-order valence-electron chi connectivity index (χ1n) is 3.02. The van der Waals surface area contributed by atoms with Crippen molar-refractivity contribution in [1.82, 2.24) is 0 Å². The van der Waals surface area contributed by atoms with Crippen molar-refractivity contribution in [2.24, 2.45) is 0 Å². The number of allylic oxidation sites excluding steroid dienone is 1. The molecular weight excluding hydrogens is 135 g/mol. The van der Waals surface area contributed by atoms with Crippen LogP contribution in [0.25, 0.3) is 0 Å². The molecule has 0 N–H and O–H groups in total. The minimum absolute atomic E-state index is 0.197. The molecule has 0 bridgehead atoms. The van der Waals surface area contributed by atoms with Crippen LogP contribution in [0.15, 0.2) is 11.9 Å². The number of hydrogen-bond donors (Lipinski definition) is 0. The summed E-state index contributed by atoms with van der Waals surface area (Å²) < 4.78 is 16.3. The van der Waals surface area contributed by atoms with Crippen LogP contribution in [-0.2, 0) is 9.09 Å². The van der Waals surface area contributed by atoms with Crippen LogP contribution in [0.4, 0.5) is 0 Å². The normalized spacial score (nSPS) is 41.8. The first kappa shape index (κ1) is 7.04. The predicted molar refractivity (Wildman–Crippen MR) is 37.8 cm³/mol. The van der Waals surface area contributed by atoms with Gasteiger partial charge < -0.3 is 4.52 Å². The SMILES string of the molecule is COP1(=O)C=CCC1C. The summed E-state index contributed by atoms with van der Waals surface area (Å²) in [4.78, 5) is 0. The van der Waals surface area contributed by atoms with Crippen molar-refractivity contribution in [3.8, 4) is 0 Å². The highest BCUT2D eigenvalue weighted by Crippen LogP contribution is 2.57. The van der Waals surface area contributed by atoms with E-state index in [-0.39, 0.29) is 5.66 Å². The Morgan fingerprint density at radius 3 is 2.67 bits per heavy atom. The fourth-order valence-electron chi connectivity index (χ4n) is 0.939. The molecule has 1 aliphatic heterocycles. The average Bonchev–Trinajstić information content (AvgIpc) is 2.15. The van der Waals surface area contributed by atoms with Crippen LogP contribution in [0.1, 0.15) is 13.3 Å². The molecule has 2 unspecified atom stereocenters. The van der Waals surface area contributed by atoms with Gasteiger partial charge in [-0.1, -0.05) is 13.0 Å². The quantitative estimate of drug-likeness (QED) is 0.530. The molecule has 0 aliphatic carbocycles. The van der Waals surface area contributed by atoms with E-state index < -0.39 is 7.37 Å². The van der Waals surface area contributed by atoms with Crippen LogP contribution in [0.5, 0.6) is 0 Å². The van der Waals surface area contributed by atoms with E-state index >= 15 is 0 Å². The summed E-state index contributed by atoms with van der Waals surface area (Å²) in [7, 11) is -0.816. The summed E-state index contributed by atoms with van der Waals surface area (Å²) in [6.45, 7) is 1.95. The first-order valence-corrected chi connectivity index (χ1v) is 4.78. The second-order valence-corrected chi connectivity index (χ2v) is 5.13. The van der Waals surface area contributed by atoms with Crippen LogP contribution < -0.4 is 0 Å².